The number of nitrogens with two attached hydrogens (primary N) is 1. The van der Waals surface area contributed by atoms with Crippen LogP contribution in [0.2, 0.25) is 0 Å². The molecule has 4 atom stereocenters. The lowest BCUT2D eigenvalue weighted by Crippen LogP contribution is -2.56. The highest BCUT2D eigenvalue weighted by Crippen LogP contribution is 2.26. The molecule has 4 amide bonds. The lowest BCUT2D eigenvalue weighted by molar-refractivity contribution is -0.140. The zero-order chi connectivity index (χ0) is 39.4. The third-order valence-corrected chi connectivity index (χ3v) is 10.3. The van der Waals surface area contributed by atoms with E-state index >= 15 is 0 Å². The zero-order valence-electron chi connectivity index (χ0n) is 31.7. The van der Waals surface area contributed by atoms with Gasteiger partial charge in [-0.25, -0.2) is 14.6 Å². The van der Waals surface area contributed by atoms with Crippen LogP contribution in [0.15, 0.2) is 83.3 Å². The van der Waals surface area contributed by atoms with E-state index in [0.29, 0.717) is 43.6 Å². The number of nitrogens with zero attached hydrogens (tertiary/aromatic N) is 3. The molecular formula is C42H50N6O8. The van der Waals surface area contributed by atoms with Crippen LogP contribution in [0.5, 0.6) is 0 Å². The topological polar surface area (TPSA) is 186 Å². The summed E-state index contributed by atoms with van der Waals surface area (Å²) in [5, 5.41) is 5.62. The number of hydrogen-bond donors (Lipinski definition) is 3. The number of unbranched alkanes of at least 4 members (excludes halogenated alkanes) is 1. The van der Waals surface area contributed by atoms with Crippen molar-refractivity contribution in [2.45, 2.75) is 89.1 Å². The van der Waals surface area contributed by atoms with Gasteiger partial charge in [0.1, 0.15) is 30.3 Å². The Morgan fingerprint density at radius 3 is 2.38 bits per heavy atom. The maximum Gasteiger partial charge on any atom is 0.410 e. The van der Waals surface area contributed by atoms with Crippen LogP contribution in [-0.4, -0.2) is 95.0 Å². The van der Waals surface area contributed by atoms with Crippen molar-refractivity contribution in [1.82, 2.24) is 25.4 Å². The van der Waals surface area contributed by atoms with Crippen molar-refractivity contribution >= 4 is 40.9 Å². The Balaban J connectivity index is 1.25. The smallest absolute Gasteiger partial charge is 0.410 e. The number of Topliss-reactive ketones (excluding diaryl/α,β-unsaturated/α-hetero) is 1. The van der Waals surface area contributed by atoms with Crippen LogP contribution in [0.4, 0.5) is 9.59 Å². The summed E-state index contributed by atoms with van der Waals surface area (Å²) in [5.74, 6) is -1.84. The van der Waals surface area contributed by atoms with Gasteiger partial charge in [0.25, 0.3) is 5.89 Å². The van der Waals surface area contributed by atoms with Gasteiger partial charge in [0, 0.05) is 25.9 Å². The predicted octanol–water partition coefficient (Wildman–Crippen LogP) is 5.06. The molecule has 296 valence electrons. The summed E-state index contributed by atoms with van der Waals surface area (Å²) in [5.41, 5.74) is 9.19. The van der Waals surface area contributed by atoms with Crippen molar-refractivity contribution in [2.24, 2.45) is 5.73 Å². The molecule has 56 heavy (non-hydrogen) atoms. The molecule has 0 saturated carbocycles. The highest BCUT2D eigenvalue weighted by molar-refractivity contribution is 6.01. The van der Waals surface area contributed by atoms with Crippen LogP contribution < -0.4 is 16.4 Å². The van der Waals surface area contributed by atoms with Crippen LogP contribution >= 0.6 is 0 Å². The van der Waals surface area contributed by atoms with Gasteiger partial charge in [-0.15, -0.1) is 0 Å². The Labute approximate surface area is 326 Å². The van der Waals surface area contributed by atoms with E-state index in [-0.39, 0.29) is 38.3 Å². The molecule has 1 aromatic heterocycles. The third kappa shape index (κ3) is 10.3. The van der Waals surface area contributed by atoms with Gasteiger partial charge in [-0.05, 0) is 80.8 Å². The van der Waals surface area contributed by atoms with Crippen molar-refractivity contribution in [3.8, 4) is 0 Å². The molecule has 4 N–H and O–H groups in total. The molecule has 2 saturated heterocycles. The van der Waals surface area contributed by atoms with Crippen molar-refractivity contribution in [3.05, 3.63) is 101 Å². The number of carbonyl (C=O) groups is 5. The number of para-hydroxylation sites is 2. The van der Waals surface area contributed by atoms with Gasteiger partial charge in [0.15, 0.2) is 5.58 Å². The standard InChI is InChI=1S/C42H50N6O8/c1-28-14-6-7-17-30(28)24-34(46-41(52)54-27-29-15-4-2-5-16-29)40(51)48-26-31(55-42(53)47-22-12-3-13-23-47)25-35(48)38(50)44-33(19-10-11-21-43)37(49)39-45-32-18-8-9-20-36(32)56-39/h2,4-9,14-18,20,31,33-35H,3,10-13,19,21-27,43H2,1H3,(H,44,50)(H,46,52)/t31-,33+,34-,35+/m1/s1. The molecule has 3 aromatic carbocycles. The minimum atomic E-state index is -1.15. The first-order chi connectivity index (χ1) is 27.2. The number of amides is 4. The number of aryl methyl sites for hydroxylation is 1. The molecule has 14 heteroatoms. The average molecular weight is 767 g/mol. The molecule has 2 aliphatic heterocycles. The number of nitrogens with one attached hydrogen (secondary N) is 2. The highest BCUT2D eigenvalue weighted by Gasteiger charge is 2.45. The first-order valence-corrected chi connectivity index (χ1v) is 19.4. The quantitative estimate of drug-likeness (QED) is 0.109. The number of rotatable bonds is 15. The van der Waals surface area contributed by atoms with Crippen molar-refractivity contribution in [2.75, 3.05) is 26.2 Å². The second-order valence-electron chi connectivity index (χ2n) is 14.4. The lowest BCUT2D eigenvalue weighted by atomic mass is 10.00. The molecule has 0 spiro atoms. The number of fused-ring (bicyclic) bond motifs is 1. The Morgan fingerprint density at radius 2 is 1.62 bits per heavy atom. The van der Waals surface area contributed by atoms with E-state index in [4.69, 9.17) is 19.6 Å². The Bertz CT molecular complexity index is 1950. The Hall–Kier alpha value is -5.76. The predicted molar refractivity (Wildman–Crippen MR) is 207 cm³/mol. The van der Waals surface area contributed by atoms with E-state index in [9.17, 15) is 24.0 Å². The maximum atomic E-state index is 14.7. The Kier molecular flexibility index (Phi) is 13.7. The van der Waals surface area contributed by atoms with Gasteiger partial charge in [0.05, 0.1) is 12.6 Å². The number of piperidine rings is 1. The number of aromatic nitrogens is 1. The van der Waals surface area contributed by atoms with E-state index in [1.807, 2.05) is 61.5 Å². The van der Waals surface area contributed by atoms with Crippen LogP contribution in [-0.2, 0) is 32.1 Å². The average Bonchev–Trinajstić information content (AvgIpc) is 3.85. The second-order valence-corrected chi connectivity index (χ2v) is 14.4. The summed E-state index contributed by atoms with van der Waals surface area (Å²) in [7, 11) is 0. The molecule has 14 nitrogen and oxygen atoms in total. The van der Waals surface area contributed by atoms with Crippen molar-refractivity contribution in [3.63, 3.8) is 0 Å². The van der Waals surface area contributed by atoms with Gasteiger partial charge in [-0.1, -0.05) is 66.7 Å². The van der Waals surface area contributed by atoms with Crippen molar-refractivity contribution < 1.29 is 37.9 Å². The van der Waals surface area contributed by atoms with Crippen LogP contribution in [0.3, 0.4) is 0 Å². The summed E-state index contributed by atoms with van der Waals surface area (Å²) in [6.45, 7) is 3.32. The fraction of sp³-hybridized carbons (Fsp3) is 0.429. The lowest BCUT2D eigenvalue weighted by Gasteiger charge is -2.29. The minimum Gasteiger partial charge on any atom is -0.445 e. The summed E-state index contributed by atoms with van der Waals surface area (Å²) in [6.07, 6.45) is 2.10. The summed E-state index contributed by atoms with van der Waals surface area (Å²) >= 11 is 0. The first-order valence-electron chi connectivity index (χ1n) is 19.4. The van der Waals surface area contributed by atoms with E-state index in [1.54, 1.807) is 29.2 Å². The minimum absolute atomic E-state index is 0.0130. The van der Waals surface area contributed by atoms with Crippen LogP contribution in [0, 0.1) is 6.92 Å². The molecule has 6 rings (SSSR count). The number of ketones is 1. The SMILES string of the molecule is Cc1ccccc1C[C@@H](NC(=O)OCc1ccccc1)C(=O)N1C[C@H](OC(=O)N2CCCCC2)C[C@H]1C(=O)N[C@@H](CCCCN)C(=O)c1nc2ccccc2o1. The van der Waals surface area contributed by atoms with E-state index in [1.165, 1.54) is 4.90 Å². The number of ether oxygens (including phenoxy) is 2. The molecule has 4 aromatic rings. The fourth-order valence-electron chi connectivity index (χ4n) is 7.19. The number of likely N-dealkylation sites (tertiary alicyclic amines) is 2. The molecule has 3 heterocycles. The Morgan fingerprint density at radius 1 is 0.893 bits per heavy atom. The monoisotopic (exact) mass is 766 g/mol. The van der Waals surface area contributed by atoms with Gasteiger partial charge < -0.3 is 40.1 Å². The fourth-order valence-corrected chi connectivity index (χ4v) is 7.19. The first kappa shape index (κ1) is 39.9. The molecule has 0 radical (unpaired) electrons. The molecular weight excluding hydrogens is 716 g/mol. The number of alkyl carbamates (subject to hydrolysis) is 1. The van der Waals surface area contributed by atoms with Crippen LogP contribution in [0.1, 0.15) is 72.3 Å². The number of benzene rings is 3. The highest BCUT2D eigenvalue weighted by atomic mass is 16.6. The van der Waals surface area contributed by atoms with Crippen molar-refractivity contribution in [1.29, 1.82) is 0 Å². The van der Waals surface area contributed by atoms with Crippen LogP contribution in [0.25, 0.3) is 11.1 Å². The normalized spacial score (nSPS) is 17.9. The number of oxazole rings is 1. The largest absolute Gasteiger partial charge is 0.445 e. The summed E-state index contributed by atoms with van der Waals surface area (Å²) in [6, 6.07) is 20.3. The molecule has 2 aliphatic rings. The van der Waals surface area contributed by atoms with E-state index < -0.39 is 54.0 Å². The second kappa shape index (κ2) is 19.2. The maximum absolute atomic E-state index is 14.7. The molecule has 2 fully saturated rings. The number of carbonyl (C=O) groups excluding carboxylic acids is 5. The van der Waals surface area contributed by atoms with E-state index in [2.05, 4.69) is 15.6 Å². The van der Waals surface area contributed by atoms with Gasteiger partial charge in [-0.3, -0.25) is 14.4 Å². The third-order valence-electron chi connectivity index (χ3n) is 10.3. The van der Waals surface area contributed by atoms with E-state index in [0.717, 1.165) is 36.0 Å². The molecule has 0 bridgehead atoms. The van der Waals surface area contributed by atoms with Gasteiger partial charge in [0.2, 0.25) is 17.6 Å². The summed E-state index contributed by atoms with van der Waals surface area (Å²) < 4.78 is 17.2. The van der Waals surface area contributed by atoms with Gasteiger partial charge in [-0.2, -0.15) is 0 Å². The number of hydrogen-bond acceptors (Lipinski definition) is 10. The zero-order valence-corrected chi connectivity index (χ0v) is 31.7. The summed E-state index contributed by atoms with van der Waals surface area (Å²) in [4.78, 5) is 76.8. The molecule has 0 aliphatic carbocycles. The van der Waals surface area contributed by atoms with Gasteiger partial charge >= 0.3 is 12.2 Å². The molecule has 0 unspecified atom stereocenters.